The summed E-state index contributed by atoms with van der Waals surface area (Å²) in [5.74, 6) is -0.921. The molecule has 0 heterocycles. The Bertz CT molecular complexity index is 897. The van der Waals surface area contributed by atoms with Gasteiger partial charge in [0.15, 0.2) is 11.5 Å². The number of rotatable bonds is 10. The van der Waals surface area contributed by atoms with Crippen molar-refractivity contribution in [2.75, 3.05) is 13.7 Å². The van der Waals surface area contributed by atoms with Crippen LogP contribution >= 0.6 is 0 Å². The first-order valence-electron chi connectivity index (χ1n) is 9.50. The highest BCUT2D eigenvalue weighted by atomic mass is 19.1. The molecule has 0 unspecified atom stereocenters. The van der Waals surface area contributed by atoms with E-state index in [0.29, 0.717) is 42.5 Å². The maximum absolute atomic E-state index is 13.3. The maximum Gasteiger partial charge on any atom is 0.251 e. The van der Waals surface area contributed by atoms with Crippen molar-refractivity contribution in [3.05, 3.63) is 59.4 Å². The third-order valence-electron chi connectivity index (χ3n) is 4.41. The van der Waals surface area contributed by atoms with Gasteiger partial charge in [0, 0.05) is 18.5 Å². The number of carbonyl (C=O) groups excluding carboxylic acids is 2. The van der Waals surface area contributed by atoms with Crippen LogP contribution in [0, 0.1) is 5.82 Å². The van der Waals surface area contributed by atoms with Crippen LogP contribution in [0.2, 0.25) is 0 Å². The zero-order valence-corrected chi connectivity index (χ0v) is 16.7. The van der Waals surface area contributed by atoms with Gasteiger partial charge in [0.1, 0.15) is 5.82 Å². The fourth-order valence-corrected chi connectivity index (χ4v) is 2.80. The number of phenols is 1. The second-order valence-electron chi connectivity index (χ2n) is 6.60. The standard InChI is InChI=1S/C22H25FN2O5/c1-30-20-14-15(6-11-19(20)26)13-18(16-7-9-17(23)10-8-16)22(28)24-12-4-2-3-5-21(27)25-29/h6-11,13-14,26,29H,2-5,12H2,1H3,(H,24,28)(H,25,27)/b18-13-. The van der Waals surface area contributed by atoms with E-state index in [4.69, 9.17) is 9.94 Å². The number of ether oxygens (including phenoxy) is 1. The number of benzene rings is 2. The first-order valence-corrected chi connectivity index (χ1v) is 9.50. The number of aromatic hydroxyl groups is 1. The molecule has 0 saturated carbocycles. The molecule has 4 N–H and O–H groups in total. The van der Waals surface area contributed by atoms with Gasteiger partial charge in [0.2, 0.25) is 5.91 Å². The predicted molar refractivity (Wildman–Crippen MR) is 110 cm³/mol. The molecule has 0 aliphatic carbocycles. The SMILES string of the molecule is COc1cc(/C=C(\C(=O)NCCCCCC(=O)NO)c2ccc(F)cc2)ccc1O. The highest BCUT2D eigenvalue weighted by Gasteiger charge is 2.13. The number of nitrogens with one attached hydrogen (secondary N) is 2. The largest absolute Gasteiger partial charge is 0.504 e. The van der Waals surface area contributed by atoms with Crippen molar-refractivity contribution < 1.29 is 29.0 Å². The Hall–Kier alpha value is -3.39. The number of amides is 2. The molecule has 0 aromatic heterocycles. The van der Waals surface area contributed by atoms with Crippen molar-refractivity contribution in [1.82, 2.24) is 10.8 Å². The molecule has 30 heavy (non-hydrogen) atoms. The number of phenolic OH excluding ortho intramolecular Hbond substituents is 1. The third-order valence-corrected chi connectivity index (χ3v) is 4.41. The van der Waals surface area contributed by atoms with Gasteiger partial charge in [-0.1, -0.05) is 24.6 Å². The summed E-state index contributed by atoms with van der Waals surface area (Å²) in [6.45, 7) is 0.400. The normalized spacial score (nSPS) is 11.1. The molecular weight excluding hydrogens is 391 g/mol. The lowest BCUT2D eigenvalue weighted by molar-refractivity contribution is -0.129. The third kappa shape index (κ3) is 6.89. The molecule has 2 rings (SSSR count). The minimum absolute atomic E-state index is 0.0164. The van der Waals surface area contributed by atoms with Gasteiger partial charge in [0.05, 0.1) is 7.11 Å². The summed E-state index contributed by atoms with van der Waals surface area (Å²) in [6.07, 6.45) is 3.81. The summed E-state index contributed by atoms with van der Waals surface area (Å²) in [5, 5.41) is 21.0. The van der Waals surface area contributed by atoms with Crippen LogP contribution in [0.25, 0.3) is 11.6 Å². The molecular formula is C22H25FN2O5. The molecule has 0 aliphatic heterocycles. The van der Waals surface area contributed by atoms with E-state index in [0.717, 1.165) is 0 Å². The molecule has 8 heteroatoms. The van der Waals surface area contributed by atoms with E-state index in [1.807, 2.05) is 0 Å². The summed E-state index contributed by atoms with van der Waals surface area (Å²) in [7, 11) is 1.43. The zero-order chi connectivity index (χ0) is 21.9. The molecule has 0 bridgehead atoms. The minimum atomic E-state index is -0.440. The lowest BCUT2D eigenvalue weighted by Gasteiger charge is -2.11. The van der Waals surface area contributed by atoms with Gasteiger partial charge in [-0.05, 0) is 54.3 Å². The van der Waals surface area contributed by atoms with Crippen molar-refractivity contribution in [3.63, 3.8) is 0 Å². The van der Waals surface area contributed by atoms with Crippen LogP contribution in [0.4, 0.5) is 4.39 Å². The number of unbranched alkanes of at least 4 members (excludes halogenated alkanes) is 2. The van der Waals surface area contributed by atoms with Gasteiger partial charge in [-0.2, -0.15) is 0 Å². The van der Waals surface area contributed by atoms with Gasteiger partial charge < -0.3 is 15.2 Å². The Labute approximate surface area is 174 Å². The van der Waals surface area contributed by atoms with E-state index in [-0.39, 0.29) is 23.8 Å². The number of carbonyl (C=O) groups is 2. The molecule has 7 nitrogen and oxygen atoms in total. The fourth-order valence-electron chi connectivity index (χ4n) is 2.80. The lowest BCUT2D eigenvalue weighted by atomic mass is 10.0. The molecule has 2 amide bonds. The monoisotopic (exact) mass is 416 g/mol. The summed E-state index contributed by atoms with van der Waals surface area (Å²) in [6, 6.07) is 10.3. The van der Waals surface area contributed by atoms with Crippen molar-refractivity contribution in [1.29, 1.82) is 0 Å². The van der Waals surface area contributed by atoms with Crippen LogP contribution in [0.3, 0.4) is 0 Å². The number of halogens is 1. The van der Waals surface area contributed by atoms with Crippen LogP contribution in [0.5, 0.6) is 11.5 Å². The van der Waals surface area contributed by atoms with Crippen LogP contribution in [-0.2, 0) is 9.59 Å². The Morgan fingerprint density at radius 3 is 2.50 bits per heavy atom. The lowest BCUT2D eigenvalue weighted by Crippen LogP contribution is -2.25. The molecule has 0 saturated heterocycles. The molecule has 2 aromatic rings. The Kier molecular flexibility index (Phi) is 8.83. The summed E-state index contributed by atoms with van der Waals surface area (Å²) in [4.78, 5) is 23.8. The number of hydrogen-bond acceptors (Lipinski definition) is 5. The molecule has 0 atom stereocenters. The average molecular weight is 416 g/mol. The highest BCUT2D eigenvalue weighted by molar-refractivity contribution is 6.24. The maximum atomic E-state index is 13.3. The van der Waals surface area contributed by atoms with Gasteiger partial charge in [-0.25, -0.2) is 9.87 Å². The quantitative estimate of drug-likeness (QED) is 0.156. The van der Waals surface area contributed by atoms with Crippen LogP contribution in [0.1, 0.15) is 36.8 Å². The molecule has 0 radical (unpaired) electrons. The van der Waals surface area contributed by atoms with E-state index < -0.39 is 11.7 Å². The molecule has 160 valence electrons. The van der Waals surface area contributed by atoms with E-state index in [1.54, 1.807) is 23.7 Å². The minimum Gasteiger partial charge on any atom is -0.504 e. The second-order valence-corrected chi connectivity index (χ2v) is 6.60. The zero-order valence-electron chi connectivity index (χ0n) is 16.7. The van der Waals surface area contributed by atoms with Crippen LogP contribution < -0.4 is 15.5 Å². The molecule has 0 aliphatic rings. The molecule has 2 aromatic carbocycles. The first kappa shape index (κ1) is 22.9. The van der Waals surface area contributed by atoms with Crippen LogP contribution in [0.15, 0.2) is 42.5 Å². The molecule has 0 spiro atoms. The number of hydroxylamine groups is 1. The van der Waals surface area contributed by atoms with Gasteiger partial charge in [-0.3, -0.25) is 14.8 Å². The van der Waals surface area contributed by atoms with Crippen molar-refractivity contribution in [3.8, 4) is 11.5 Å². The van der Waals surface area contributed by atoms with E-state index in [2.05, 4.69) is 5.32 Å². The summed E-state index contributed by atoms with van der Waals surface area (Å²) in [5.41, 5.74) is 3.09. The Morgan fingerprint density at radius 2 is 1.83 bits per heavy atom. The molecule has 0 fully saturated rings. The highest BCUT2D eigenvalue weighted by Crippen LogP contribution is 2.28. The summed E-state index contributed by atoms with van der Waals surface area (Å²) >= 11 is 0. The van der Waals surface area contributed by atoms with Crippen molar-refractivity contribution in [2.45, 2.75) is 25.7 Å². The average Bonchev–Trinajstić information content (AvgIpc) is 2.75. The van der Waals surface area contributed by atoms with E-state index >= 15 is 0 Å². The van der Waals surface area contributed by atoms with Gasteiger partial charge >= 0.3 is 0 Å². The second kappa shape index (κ2) is 11.6. The van der Waals surface area contributed by atoms with Crippen molar-refractivity contribution in [2.24, 2.45) is 0 Å². The Morgan fingerprint density at radius 1 is 1.10 bits per heavy atom. The smallest absolute Gasteiger partial charge is 0.251 e. The first-order chi connectivity index (χ1) is 14.4. The number of methoxy groups -OCH3 is 1. The Balaban J connectivity index is 2.11. The topological polar surface area (TPSA) is 108 Å². The van der Waals surface area contributed by atoms with Crippen LogP contribution in [-0.4, -0.2) is 35.8 Å². The van der Waals surface area contributed by atoms with E-state index in [9.17, 15) is 19.1 Å². The van der Waals surface area contributed by atoms with Crippen molar-refractivity contribution >= 4 is 23.5 Å². The van der Waals surface area contributed by atoms with Gasteiger partial charge in [-0.15, -0.1) is 0 Å². The van der Waals surface area contributed by atoms with E-state index in [1.165, 1.54) is 37.4 Å². The number of hydrogen-bond donors (Lipinski definition) is 4. The van der Waals surface area contributed by atoms with Gasteiger partial charge in [0.25, 0.3) is 5.91 Å². The predicted octanol–water partition coefficient (Wildman–Crippen LogP) is 3.26. The fraction of sp³-hybridized carbons (Fsp3) is 0.273. The summed E-state index contributed by atoms with van der Waals surface area (Å²) < 4.78 is 18.4.